The molecule has 10 heteroatoms. The van der Waals surface area contributed by atoms with Crippen molar-refractivity contribution in [1.29, 1.82) is 5.26 Å². The van der Waals surface area contributed by atoms with Crippen molar-refractivity contribution < 1.29 is 22.7 Å². The third-order valence-electron chi connectivity index (χ3n) is 7.50. The van der Waals surface area contributed by atoms with Crippen LogP contribution in [0.1, 0.15) is 28.0 Å². The van der Waals surface area contributed by atoms with Gasteiger partial charge in [0, 0.05) is 56.4 Å². The molecule has 0 radical (unpaired) electrons. The summed E-state index contributed by atoms with van der Waals surface area (Å²) in [7, 11) is 3.06. The zero-order valence-electron chi connectivity index (χ0n) is 23.9. The molecule has 0 aliphatic rings. The Kier molecular flexibility index (Phi) is 8.19. The molecule has 0 spiro atoms. The van der Waals surface area contributed by atoms with Crippen molar-refractivity contribution in [3.05, 3.63) is 125 Å². The predicted molar refractivity (Wildman–Crippen MR) is 171 cm³/mol. The van der Waals surface area contributed by atoms with E-state index in [1.165, 1.54) is 43.3 Å². The van der Waals surface area contributed by atoms with Gasteiger partial charge in [-0.2, -0.15) is 5.26 Å². The molecule has 0 aliphatic carbocycles. The van der Waals surface area contributed by atoms with Crippen LogP contribution in [-0.4, -0.2) is 21.6 Å². The summed E-state index contributed by atoms with van der Waals surface area (Å²) >= 11 is 7.93. The molecule has 6 rings (SSSR count). The highest BCUT2D eigenvalue weighted by molar-refractivity contribution is 7.98. The average molecular weight is 642 g/mol. The maximum atomic E-state index is 14.9. The van der Waals surface area contributed by atoms with Crippen molar-refractivity contribution in [2.75, 3.05) is 7.11 Å². The number of hydrogen-bond acceptors (Lipinski definition) is 4. The normalized spacial score (nSPS) is 11.2. The molecule has 2 heterocycles. The summed E-state index contributed by atoms with van der Waals surface area (Å²) < 4.78 is 49.9. The fourth-order valence-corrected chi connectivity index (χ4v) is 6.65. The van der Waals surface area contributed by atoms with Gasteiger partial charge in [0.25, 0.3) is 6.43 Å². The van der Waals surface area contributed by atoms with E-state index in [0.717, 1.165) is 11.1 Å². The molecule has 2 aromatic heterocycles. The highest BCUT2D eigenvalue weighted by atomic mass is 35.5. The molecule has 4 aromatic carbocycles. The fraction of sp³-hybridized carbons (Fsp3) is 0.0857. The Bertz CT molecular complexity index is 2130. The van der Waals surface area contributed by atoms with Gasteiger partial charge in [-0.25, -0.2) is 18.0 Å². The minimum absolute atomic E-state index is 0.0922. The van der Waals surface area contributed by atoms with Crippen LogP contribution >= 0.6 is 23.5 Å². The van der Waals surface area contributed by atoms with Gasteiger partial charge in [0.1, 0.15) is 17.6 Å². The predicted octanol–water partition coefficient (Wildman–Crippen LogP) is 9.92. The van der Waals surface area contributed by atoms with E-state index in [4.69, 9.17) is 16.3 Å². The third-order valence-corrected chi connectivity index (χ3v) is 8.86. The van der Waals surface area contributed by atoms with Crippen molar-refractivity contribution in [1.82, 2.24) is 8.54 Å². The van der Waals surface area contributed by atoms with Crippen LogP contribution in [0.4, 0.5) is 13.2 Å². The topological polar surface area (TPSA) is 59.9 Å². The molecule has 0 fully saturated rings. The van der Waals surface area contributed by atoms with Crippen molar-refractivity contribution in [2.45, 2.75) is 11.3 Å². The standard InChI is InChI=1S/C35H23ClF3N3O2S/c1-41-15-14-27(31(41)19-40)32-28-18-24(37)9-13-30(28)42(45-25-10-6-20(7-11-25)34(38)39)33(32)22-5-3-4-21(16-22)26-12-8-23(17-29(26)36)35(43)44-2/h3-18,34H,1-2H3. The number of esters is 1. The average Bonchev–Trinajstić information content (AvgIpc) is 3.56. The van der Waals surface area contributed by atoms with Crippen LogP contribution in [0.2, 0.25) is 5.02 Å². The monoisotopic (exact) mass is 641 g/mol. The van der Waals surface area contributed by atoms with Gasteiger partial charge in [-0.1, -0.05) is 48.0 Å². The highest BCUT2D eigenvalue weighted by Gasteiger charge is 2.25. The van der Waals surface area contributed by atoms with Gasteiger partial charge in [0.2, 0.25) is 0 Å². The Morgan fingerprint density at radius 2 is 1.71 bits per heavy atom. The van der Waals surface area contributed by atoms with E-state index in [0.29, 0.717) is 54.5 Å². The van der Waals surface area contributed by atoms with Gasteiger partial charge in [0.05, 0.1) is 23.9 Å². The first-order chi connectivity index (χ1) is 21.7. The Balaban J connectivity index is 1.62. The van der Waals surface area contributed by atoms with Gasteiger partial charge in [-0.05, 0) is 72.1 Å². The first-order valence-electron chi connectivity index (χ1n) is 13.6. The zero-order chi connectivity index (χ0) is 31.8. The van der Waals surface area contributed by atoms with Crippen molar-refractivity contribution in [3.8, 4) is 39.6 Å². The molecule has 5 nitrogen and oxygen atoms in total. The number of ether oxygens (including phenoxy) is 1. The molecule has 0 atom stereocenters. The van der Waals surface area contributed by atoms with E-state index in [2.05, 4.69) is 6.07 Å². The lowest BCUT2D eigenvalue weighted by Crippen LogP contribution is -2.00. The van der Waals surface area contributed by atoms with Crippen LogP contribution in [-0.2, 0) is 11.8 Å². The molecule has 0 amide bonds. The van der Waals surface area contributed by atoms with Crippen molar-refractivity contribution in [2.24, 2.45) is 7.05 Å². The molecule has 0 bridgehead atoms. The number of halogens is 4. The van der Waals surface area contributed by atoms with E-state index in [1.54, 1.807) is 54.2 Å². The number of aryl methyl sites for hydroxylation is 1. The number of carbonyl (C=O) groups is 1. The number of methoxy groups -OCH3 is 1. The van der Waals surface area contributed by atoms with Crippen molar-refractivity contribution in [3.63, 3.8) is 0 Å². The molecule has 0 saturated heterocycles. The molecule has 0 aliphatic heterocycles. The number of nitriles is 1. The van der Waals surface area contributed by atoms with E-state index >= 15 is 0 Å². The maximum absolute atomic E-state index is 14.9. The van der Waals surface area contributed by atoms with Gasteiger partial charge in [0.15, 0.2) is 0 Å². The molecule has 224 valence electrons. The number of fused-ring (bicyclic) bond motifs is 1. The number of aromatic nitrogens is 2. The lowest BCUT2D eigenvalue weighted by molar-refractivity contribution is 0.0600. The largest absolute Gasteiger partial charge is 0.465 e. The lowest BCUT2D eigenvalue weighted by atomic mass is 9.96. The summed E-state index contributed by atoms with van der Waals surface area (Å²) in [5, 5.41) is 11.0. The Morgan fingerprint density at radius 3 is 2.40 bits per heavy atom. The molecule has 0 saturated carbocycles. The fourth-order valence-electron chi connectivity index (χ4n) is 5.34. The summed E-state index contributed by atoms with van der Waals surface area (Å²) in [6, 6.07) is 27.0. The number of nitrogens with zero attached hydrogens (tertiary/aromatic N) is 3. The van der Waals surface area contributed by atoms with Crippen LogP contribution < -0.4 is 0 Å². The first-order valence-corrected chi connectivity index (χ1v) is 14.8. The van der Waals surface area contributed by atoms with E-state index in [9.17, 15) is 23.2 Å². The summed E-state index contributed by atoms with van der Waals surface area (Å²) in [5.41, 5.74) is 5.37. The van der Waals surface area contributed by atoms with Crippen LogP contribution in [0.5, 0.6) is 0 Å². The Morgan fingerprint density at radius 1 is 0.956 bits per heavy atom. The minimum atomic E-state index is -2.60. The van der Waals surface area contributed by atoms with Crippen LogP contribution in [0.25, 0.3) is 44.4 Å². The van der Waals surface area contributed by atoms with E-state index < -0.39 is 18.2 Å². The van der Waals surface area contributed by atoms with Crippen molar-refractivity contribution >= 4 is 40.4 Å². The lowest BCUT2D eigenvalue weighted by Gasteiger charge is -2.14. The second-order valence-corrected chi connectivity index (χ2v) is 11.6. The number of hydrogen-bond donors (Lipinski definition) is 0. The summed E-state index contributed by atoms with van der Waals surface area (Å²) in [4.78, 5) is 12.7. The maximum Gasteiger partial charge on any atom is 0.337 e. The number of rotatable bonds is 7. The van der Waals surface area contributed by atoms with Gasteiger partial charge in [-0.3, -0.25) is 3.97 Å². The van der Waals surface area contributed by atoms with Crippen LogP contribution in [0.3, 0.4) is 0 Å². The number of carbonyl (C=O) groups excluding carboxylic acids is 1. The summed E-state index contributed by atoms with van der Waals surface area (Å²) in [6.45, 7) is 0. The Hall–Kier alpha value is -4.91. The van der Waals surface area contributed by atoms with Gasteiger partial charge < -0.3 is 9.30 Å². The molecular formula is C35H23ClF3N3O2S. The molecule has 0 unspecified atom stereocenters. The van der Waals surface area contributed by atoms with Gasteiger partial charge in [-0.15, -0.1) is 0 Å². The third kappa shape index (κ3) is 5.59. The quantitative estimate of drug-likeness (QED) is 0.163. The van der Waals surface area contributed by atoms with Crippen LogP contribution in [0.15, 0.2) is 102 Å². The Labute approximate surface area is 266 Å². The van der Waals surface area contributed by atoms with E-state index in [-0.39, 0.29) is 5.56 Å². The SMILES string of the molecule is COC(=O)c1ccc(-c2cccc(-c3c(-c4ccn(C)c4C#N)c4cc(F)ccc4n3Sc3ccc(C(F)F)cc3)c2)c(Cl)c1. The molecule has 0 N–H and O–H groups in total. The summed E-state index contributed by atoms with van der Waals surface area (Å²) in [5.74, 6) is -0.951. The number of benzene rings is 4. The number of alkyl halides is 2. The van der Waals surface area contributed by atoms with E-state index in [1.807, 2.05) is 34.3 Å². The molecule has 45 heavy (non-hydrogen) atoms. The smallest absolute Gasteiger partial charge is 0.337 e. The molecular weight excluding hydrogens is 619 g/mol. The minimum Gasteiger partial charge on any atom is -0.465 e. The summed E-state index contributed by atoms with van der Waals surface area (Å²) in [6.07, 6.45) is -0.824. The second-order valence-electron chi connectivity index (χ2n) is 10.2. The zero-order valence-corrected chi connectivity index (χ0v) is 25.5. The van der Waals surface area contributed by atoms with Gasteiger partial charge >= 0.3 is 5.97 Å². The first kappa shape index (κ1) is 30.1. The second kappa shape index (κ2) is 12.2. The highest BCUT2D eigenvalue weighted by Crippen LogP contribution is 2.46. The molecule has 6 aromatic rings. The van der Waals surface area contributed by atoms with Crippen LogP contribution in [0, 0.1) is 17.1 Å².